The number of hydrogen-bond donors (Lipinski definition) is 1. The predicted molar refractivity (Wildman–Crippen MR) is 123 cm³/mol. The van der Waals surface area contributed by atoms with Crippen LogP contribution in [0.5, 0.6) is 11.5 Å². The van der Waals surface area contributed by atoms with Crippen LogP contribution in [0.1, 0.15) is 27.0 Å². The smallest absolute Gasteiger partial charge is 0.343 e. The zero-order valence-corrected chi connectivity index (χ0v) is 18.7. The molecule has 0 fully saturated rings. The van der Waals surface area contributed by atoms with Gasteiger partial charge in [-0.1, -0.05) is 40.2 Å². The summed E-state index contributed by atoms with van der Waals surface area (Å²) in [6.45, 7) is 3.73. The van der Waals surface area contributed by atoms with Crippen molar-refractivity contribution >= 4 is 34.0 Å². The lowest BCUT2D eigenvalue weighted by atomic mass is 10.1. The maximum atomic E-state index is 12.2. The molecule has 6 nitrogen and oxygen atoms in total. The average molecular weight is 481 g/mol. The lowest BCUT2D eigenvalue weighted by Crippen LogP contribution is -2.25. The summed E-state index contributed by atoms with van der Waals surface area (Å²) in [4.78, 5) is 24.1. The van der Waals surface area contributed by atoms with Gasteiger partial charge >= 0.3 is 5.97 Å². The number of esters is 1. The fourth-order valence-electron chi connectivity index (χ4n) is 2.78. The summed E-state index contributed by atoms with van der Waals surface area (Å²) in [5, 5.41) is 3.93. The Morgan fingerprint density at radius 3 is 2.35 bits per heavy atom. The van der Waals surface area contributed by atoms with E-state index in [1.165, 1.54) is 6.21 Å². The molecule has 1 N–H and O–H groups in total. The first kappa shape index (κ1) is 22.2. The van der Waals surface area contributed by atoms with Gasteiger partial charge in [0, 0.05) is 4.47 Å². The van der Waals surface area contributed by atoms with Gasteiger partial charge in [-0.05, 0) is 73.0 Å². The van der Waals surface area contributed by atoms with Crippen LogP contribution in [-0.2, 0) is 4.79 Å². The first-order valence-electron chi connectivity index (χ1n) is 9.51. The molecule has 0 atom stereocenters. The molecule has 0 bridgehead atoms. The Morgan fingerprint density at radius 2 is 1.68 bits per heavy atom. The number of ether oxygens (including phenoxy) is 2. The van der Waals surface area contributed by atoms with Gasteiger partial charge in [0.1, 0.15) is 11.5 Å². The standard InChI is InChI=1S/C24H21BrN2O4/c1-16-5-3-6-17(2)23(16)30-15-22(28)27-26-14-18-9-11-21(12-10-18)31-24(29)19-7-4-8-20(25)13-19/h3-14H,15H2,1-2H3,(H,27,28)/b26-14-. The molecule has 3 rings (SSSR count). The minimum Gasteiger partial charge on any atom is -0.483 e. The second kappa shape index (κ2) is 10.5. The molecule has 1 amide bonds. The van der Waals surface area contributed by atoms with Gasteiger partial charge in [0.05, 0.1) is 11.8 Å². The van der Waals surface area contributed by atoms with Crippen molar-refractivity contribution < 1.29 is 19.1 Å². The zero-order chi connectivity index (χ0) is 22.2. The number of benzene rings is 3. The van der Waals surface area contributed by atoms with Gasteiger partial charge in [0.15, 0.2) is 6.61 Å². The van der Waals surface area contributed by atoms with Crippen LogP contribution < -0.4 is 14.9 Å². The summed E-state index contributed by atoms with van der Waals surface area (Å²) in [5.41, 5.74) is 5.55. The van der Waals surface area contributed by atoms with Crippen molar-refractivity contribution in [3.05, 3.63) is 93.5 Å². The van der Waals surface area contributed by atoms with Crippen LogP contribution in [-0.4, -0.2) is 24.7 Å². The average Bonchev–Trinajstić information content (AvgIpc) is 2.74. The number of hydrogen-bond acceptors (Lipinski definition) is 5. The van der Waals surface area contributed by atoms with Crippen LogP contribution in [0, 0.1) is 13.8 Å². The van der Waals surface area contributed by atoms with Crippen LogP contribution in [0.2, 0.25) is 0 Å². The normalized spacial score (nSPS) is 10.7. The molecule has 0 aliphatic carbocycles. The van der Waals surface area contributed by atoms with E-state index in [-0.39, 0.29) is 12.5 Å². The molecule has 0 aromatic heterocycles. The van der Waals surface area contributed by atoms with Crippen molar-refractivity contribution in [1.82, 2.24) is 5.43 Å². The fraction of sp³-hybridized carbons (Fsp3) is 0.125. The van der Waals surface area contributed by atoms with Crippen LogP contribution >= 0.6 is 15.9 Å². The third-order valence-electron chi connectivity index (χ3n) is 4.31. The molecule has 0 heterocycles. The first-order valence-corrected chi connectivity index (χ1v) is 10.3. The Hall–Kier alpha value is -3.45. The fourth-order valence-corrected chi connectivity index (χ4v) is 3.18. The van der Waals surface area contributed by atoms with Crippen molar-refractivity contribution in [2.45, 2.75) is 13.8 Å². The zero-order valence-electron chi connectivity index (χ0n) is 17.1. The van der Waals surface area contributed by atoms with Crippen molar-refractivity contribution in [2.24, 2.45) is 5.10 Å². The Labute approximate surface area is 189 Å². The summed E-state index contributed by atoms with van der Waals surface area (Å²) >= 11 is 3.33. The van der Waals surface area contributed by atoms with E-state index in [4.69, 9.17) is 9.47 Å². The van der Waals surface area contributed by atoms with Gasteiger partial charge in [-0.3, -0.25) is 4.79 Å². The molecule has 3 aromatic carbocycles. The van der Waals surface area contributed by atoms with E-state index in [1.54, 1.807) is 42.5 Å². The second-order valence-corrected chi connectivity index (χ2v) is 7.69. The Morgan fingerprint density at radius 1 is 1.00 bits per heavy atom. The number of para-hydroxylation sites is 1. The highest BCUT2D eigenvalue weighted by molar-refractivity contribution is 9.10. The topological polar surface area (TPSA) is 77.0 Å². The number of nitrogens with one attached hydrogen (secondary N) is 1. The lowest BCUT2D eigenvalue weighted by Gasteiger charge is -2.10. The van der Waals surface area contributed by atoms with Crippen molar-refractivity contribution in [1.29, 1.82) is 0 Å². The van der Waals surface area contributed by atoms with E-state index in [0.29, 0.717) is 17.1 Å². The minimum atomic E-state index is -0.445. The molecular formula is C24H21BrN2O4. The van der Waals surface area contributed by atoms with Crippen molar-refractivity contribution in [3.8, 4) is 11.5 Å². The molecule has 3 aromatic rings. The number of amides is 1. The molecule has 158 valence electrons. The van der Waals surface area contributed by atoms with Gasteiger partial charge in [0.2, 0.25) is 0 Å². The number of hydrazone groups is 1. The Balaban J connectivity index is 1.49. The predicted octanol–water partition coefficient (Wildman–Crippen LogP) is 4.81. The van der Waals surface area contributed by atoms with E-state index < -0.39 is 5.97 Å². The first-order chi connectivity index (χ1) is 14.9. The molecule has 0 spiro atoms. The summed E-state index contributed by atoms with van der Waals surface area (Å²) in [7, 11) is 0. The van der Waals surface area contributed by atoms with E-state index >= 15 is 0 Å². The second-order valence-electron chi connectivity index (χ2n) is 6.77. The largest absolute Gasteiger partial charge is 0.483 e. The molecule has 0 aliphatic heterocycles. The Kier molecular flexibility index (Phi) is 7.56. The molecule has 0 radical (unpaired) electrons. The quantitative estimate of drug-likeness (QED) is 0.227. The van der Waals surface area contributed by atoms with E-state index in [0.717, 1.165) is 21.2 Å². The van der Waals surface area contributed by atoms with E-state index in [1.807, 2.05) is 38.1 Å². The molecule has 0 saturated carbocycles. The summed E-state index contributed by atoms with van der Waals surface area (Å²) < 4.78 is 11.7. The highest BCUT2D eigenvalue weighted by atomic mass is 79.9. The van der Waals surface area contributed by atoms with Gasteiger partial charge < -0.3 is 9.47 Å². The third-order valence-corrected chi connectivity index (χ3v) is 4.80. The molecule has 7 heteroatoms. The highest BCUT2D eigenvalue weighted by Crippen LogP contribution is 2.22. The summed E-state index contributed by atoms with van der Waals surface area (Å²) in [6, 6.07) is 19.5. The van der Waals surface area contributed by atoms with Crippen molar-refractivity contribution in [3.63, 3.8) is 0 Å². The third kappa shape index (κ3) is 6.52. The summed E-state index contributed by atoms with van der Waals surface area (Å²) in [5.74, 6) is 0.306. The maximum Gasteiger partial charge on any atom is 0.343 e. The van der Waals surface area contributed by atoms with Crippen LogP contribution in [0.25, 0.3) is 0 Å². The molecule has 31 heavy (non-hydrogen) atoms. The molecule has 0 unspecified atom stereocenters. The summed E-state index contributed by atoms with van der Waals surface area (Å²) in [6.07, 6.45) is 1.50. The number of aryl methyl sites for hydroxylation is 2. The molecule has 0 aliphatic rings. The van der Waals surface area contributed by atoms with Gasteiger partial charge in [0.25, 0.3) is 5.91 Å². The maximum absolute atomic E-state index is 12.2. The number of carbonyl (C=O) groups is 2. The number of rotatable bonds is 7. The Bertz CT molecular complexity index is 1090. The van der Waals surface area contributed by atoms with Crippen LogP contribution in [0.3, 0.4) is 0 Å². The molecular weight excluding hydrogens is 460 g/mol. The van der Waals surface area contributed by atoms with Crippen molar-refractivity contribution in [2.75, 3.05) is 6.61 Å². The number of carbonyl (C=O) groups excluding carboxylic acids is 2. The molecule has 0 saturated heterocycles. The van der Waals surface area contributed by atoms with Crippen LogP contribution in [0.15, 0.2) is 76.3 Å². The SMILES string of the molecule is Cc1cccc(C)c1OCC(=O)N/N=C\c1ccc(OC(=O)c2cccc(Br)c2)cc1. The van der Waals surface area contributed by atoms with Gasteiger partial charge in [-0.2, -0.15) is 5.10 Å². The monoisotopic (exact) mass is 480 g/mol. The highest BCUT2D eigenvalue weighted by Gasteiger charge is 2.09. The van der Waals surface area contributed by atoms with E-state index in [9.17, 15) is 9.59 Å². The number of nitrogens with zero attached hydrogens (tertiary/aromatic N) is 1. The number of halogens is 1. The van der Waals surface area contributed by atoms with E-state index in [2.05, 4.69) is 26.5 Å². The lowest BCUT2D eigenvalue weighted by molar-refractivity contribution is -0.123. The van der Waals surface area contributed by atoms with Gasteiger partial charge in [-0.15, -0.1) is 0 Å². The minimum absolute atomic E-state index is 0.131. The van der Waals surface area contributed by atoms with Crippen LogP contribution in [0.4, 0.5) is 0 Å². The van der Waals surface area contributed by atoms with Gasteiger partial charge in [-0.25, -0.2) is 10.2 Å².